The molecule has 0 radical (unpaired) electrons. The van der Waals surface area contributed by atoms with E-state index < -0.39 is 10.9 Å². The van der Waals surface area contributed by atoms with Crippen molar-refractivity contribution < 1.29 is 19.6 Å². The van der Waals surface area contributed by atoms with Crippen molar-refractivity contribution in [1.29, 1.82) is 0 Å². The summed E-state index contributed by atoms with van der Waals surface area (Å²) in [5.74, 6) is -0.850. The number of carboxylic acid groups (broad SMARTS) is 1. The predicted octanol–water partition coefficient (Wildman–Crippen LogP) is 2.56. The van der Waals surface area contributed by atoms with E-state index in [2.05, 4.69) is 0 Å². The molecule has 1 rings (SSSR count). The lowest BCUT2D eigenvalue weighted by molar-refractivity contribution is -0.385. The van der Waals surface area contributed by atoms with Crippen LogP contribution in [0.1, 0.15) is 13.3 Å². The number of carbonyl (C=O) groups is 1. The molecule has 0 bridgehead atoms. The molecule has 0 aromatic heterocycles. The normalized spacial score (nSPS) is 10.1. The van der Waals surface area contributed by atoms with Crippen LogP contribution in [0.15, 0.2) is 23.1 Å². The van der Waals surface area contributed by atoms with Gasteiger partial charge in [0.15, 0.2) is 5.75 Å². The highest BCUT2D eigenvalue weighted by atomic mass is 32.2. The maximum atomic E-state index is 10.8. The van der Waals surface area contributed by atoms with Crippen molar-refractivity contribution in [3.63, 3.8) is 0 Å². The van der Waals surface area contributed by atoms with Crippen LogP contribution in [0.4, 0.5) is 5.69 Å². The van der Waals surface area contributed by atoms with Gasteiger partial charge in [-0.05, 0) is 12.5 Å². The molecule has 6 nitrogen and oxygen atoms in total. The molecule has 1 N–H and O–H groups in total. The van der Waals surface area contributed by atoms with Crippen molar-refractivity contribution in [2.75, 3.05) is 12.4 Å². The first-order valence-electron chi connectivity index (χ1n) is 5.30. The standard InChI is InChI=1S/C11H13NO5S/c1-2-5-17-10-6-8(18-7-11(13)14)3-4-9(10)12(15)16/h3-4,6H,2,5,7H2,1H3,(H,13,14). The molecule has 0 aliphatic carbocycles. The Bertz CT molecular complexity index is 449. The third-order valence-corrected chi connectivity index (χ3v) is 2.93. The fraction of sp³-hybridized carbons (Fsp3) is 0.364. The Morgan fingerprint density at radius 2 is 2.28 bits per heavy atom. The molecule has 18 heavy (non-hydrogen) atoms. The van der Waals surface area contributed by atoms with Crippen molar-refractivity contribution in [2.45, 2.75) is 18.2 Å². The fourth-order valence-corrected chi connectivity index (χ4v) is 1.85. The topological polar surface area (TPSA) is 89.7 Å². The summed E-state index contributed by atoms with van der Waals surface area (Å²) in [5.41, 5.74) is -0.108. The average molecular weight is 271 g/mol. The molecule has 1 aromatic carbocycles. The Balaban J connectivity index is 2.89. The number of aliphatic carboxylic acids is 1. The van der Waals surface area contributed by atoms with E-state index in [1.165, 1.54) is 18.2 Å². The highest BCUT2D eigenvalue weighted by molar-refractivity contribution is 8.00. The molecule has 0 atom stereocenters. The highest BCUT2D eigenvalue weighted by Crippen LogP contribution is 2.32. The van der Waals surface area contributed by atoms with Gasteiger partial charge in [0, 0.05) is 17.0 Å². The average Bonchev–Trinajstić information content (AvgIpc) is 2.33. The summed E-state index contributed by atoms with van der Waals surface area (Å²) in [5, 5.41) is 19.4. The molecule has 0 aliphatic heterocycles. The third-order valence-electron chi connectivity index (χ3n) is 1.95. The molecule has 0 fully saturated rings. The van der Waals surface area contributed by atoms with Gasteiger partial charge in [-0.25, -0.2) is 0 Å². The van der Waals surface area contributed by atoms with E-state index in [9.17, 15) is 14.9 Å². The third kappa shape index (κ3) is 4.25. The van der Waals surface area contributed by atoms with Crippen LogP contribution in [0.2, 0.25) is 0 Å². The first-order chi connectivity index (χ1) is 8.54. The smallest absolute Gasteiger partial charge is 0.313 e. The zero-order valence-electron chi connectivity index (χ0n) is 9.79. The summed E-state index contributed by atoms with van der Waals surface area (Å²) < 4.78 is 5.29. The van der Waals surface area contributed by atoms with Crippen molar-refractivity contribution in [1.82, 2.24) is 0 Å². The van der Waals surface area contributed by atoms with E-state index in [-0.39, 0.29) is 17.2 Å². The van der Waals surface area contributed by atoms with E-state index in [1.807, 2.05) is 6.92 Å². The summed E-state index contributed by atoms with van der Waals surface area (Å²) in [6.07, 6.45) is 0.740. The Morgan fingerprint density at radius 3 is 2.83 bits per heavy atom. The molecule has 98 valence electrons. The fourth-order valence-electron chi connectivity index (χ4n) is 1.21. The van der Waals surface area contributed by atoms with Crippen LogP contribution in [-0.4, -0.2) is 28.4 Å². The van der Waals surface area contributed by atoms with Crippen molar-refractivity contribution in [3.8, 4) is 5.75 Å². The number of carboxylic acids is 1. The van der Waals surface area contributed by atoms with Gasteiger partial charge in [0.2, 0.25) is 0 Å². The highest BCUT2D eigenvalue weighted by Gasteiger charge is 2.16. The van der Waals surface area contributed by atoms with Gasteiger partial charge in [-0.3, -0.25) is 14.9 Å². The number of hydrogen-bond acceptors (Lipinski definition) is 5. The van der Waals surface area contributed by atoms with E-state index in [0.717, 1.165) is 18.2 Å². The Morgan fingerprint density at radius 1 is 1.56 bits per heavy atom. The Hall–Kier alpha value is -1.76. The van der Waals surface area contributed by atoms with Crippen LogP contribution in [0.3, 0.4) is 0 Å². The minimum atomic E-state index is -0.936. The lowest BCUT2D eigenvalue weighted by Gasteiger charge is -2.07. The summed E-state index contributed by atoms with van der Waals surface area (Å²) in [4.78, 5) is 21.3. The SMILES string of the molecule is CCCOc1cc(SCC(=O)O)ccc1[N+](=O)[O-]. The van der Waals surface area contributed by atoms with Crippen LogP contribution < -0.4 is 4.74 Å². The first kappa shape index (κ1) is 14.3. The van der Waals surface area contributed by atoms with Gasteiger partial charge in [-0.2, -0.15) is 0 Å². The van der Waals surface area contributed by atoms with Crippen molar-refractivity contribution >= 4 is 23.4 Å². The number of rotatable bonds is 7. The van der Waals surface area contributed by atoms with Gasteiger partial charge in [0.25, 0.3) is 0 Å². The molecule has 0 unspecified atom stereocenters. The monoisotopic (exact) mass is 271 g/mol. The number of nitro groups is 1. The molecule has 0 aliphatic rings. The van der Waals surface area contributed by atoms with Gasteiger partial charge in [-0.1, -0.05) is 6.92 Å². The summed E-state index contributed by atoms with van der Waals surface area (Å²) >= 11 is 1.09. The maximum Gasteiger partial charge on any atom is 0.313 e. The first-order valence-corrected chi connectivity index (χ1v) is 6.29. The maximum absolute atomic E-state index is 10.8. The van der Waals surface area contributed by atoms with Gasteiger partial charge >= 0.3 is 11.7 Å². The number of benzene rings is 1. The Labute approximate surface area is 108 Å². The second-order valence-corrected chi connectivity index (χ2v) is 4.47. The van der Waals surface area contributed by atoms with E-state index in [1.54, 1.807) is 0 Å². The lowest BCUT2D eigenvalue weighted by Crippen LogP contribution is -2.00. The van der Waals surface area contributed by atoms with Gasteiger partial charge in [0.1, 0.15) is 0 Å². The van der Waals surface area contributed by atoms with Gasteiger partial charge in [-0.15, -0.1) is 11.8 Å². The second kappa shape index (κ2) is 6.85. The lowest BCUT2D eigenvalue weighted by atomic mass is 10.3. The summed E-state index contributed by atoms with van der Waals surface area (Å²) in [7, 11) is 0. The Kier molecular flexibility index (Phi) is 5.44. The number of ether oxygens (including phenoxy) is 1. The van der Waals surface area contributed by atoms with Gasteiger partial charge in [0.05, 0.1) is 17.3 Å². The van der Waals surface area contributed by atoms with Crippen LogP contribution in [0.25, 0.3) is 0 Å². The molecule has 0 saturated heterocycles. The predicted molar refractivity (Wildman–Crippen MR) is 67.2 cm³/mol. The molecule has 0 amide bonds. The molecular formula is C11H13NO5S. The van der Waals surface area contributed by atoms with Crippen LogP contribution in [0, 0.1) is 10.1 Å². The van der Waals surface area contributed by atoms with Crippen molar-refractivity contribution in [2.24, 2.45) is 0 Å². The van der Waals surface area contributed by atoms with E-state index >= 15 is 0 Å². The molecule has 7 heteroatoms. The van der Waals surface area contributed by atoms with Gasteiger partial charge < -0.3 is 9.84 Å². The molecule has 1 aromatic rings. The molecular weight excluding hydrogens is 258 g/mol. The minimum absolute atomic E-state index is 0.0922. The molecule has 0 heterocycles. The van der Waals surface area contributed by atoms with E-state index in [4.69, 9.17) is 9.84 Å². The number of hydrogen-bond donors (Lipinski definition) is 1. The zero-order chi connectivity index (χ0) is 13.5. The number of nitro benzene ring substituents is 1. The number of thioether (sulfide) groups is 1. The summed E-state index contributed by atoms with van der Waals surface area (Å²) in [6.45, 7) is 2.28. The molecule has 0 spiro atoms. The minimum Gasteiger partial charge on any atom is -0.487 e. The zero-order valence-corrected chi connectivity index (χ0v) is 10.6. The second-order valence-electron chi connectivity index (χ2n) is 3.42. The molecule has 0 saturated carbocycles. The summed E-state index contributed by atoms with van der Waals surface area (Å²) in [6, 6.07) is 4.35. The number of nitrogens with zero attached hydrogens (tertiary/aromatic N) is 1. The largest absolute Gasteiger partial charge is 0.487 e. The quantitative estimate of drug-likeness (QED) is 0.465. The van der Waals surface area contributed by atoms with Crippen LogP contribution in [-0.2, 0) is 4.79 Å². The van der Waals surface area contributed by atoms with Crippen LogP contribution >= 0.6 is 11.8 Å². The van der Waals surface area contributed by atoms with Crippen LogP contribution in [0.5, 0.6) is 5.75 Å². The van der Waals surface area contributed by atoms with E-state index in [0.29, 0.717) is 11.5 Å². The van der Waals surface area contributed by atoms with Crippen molar-refractivity contribution in [3.05, 3.63) is 28.3 Å².